The third-order valence-corrected chi connectivity index (χ3v) is 3.10. The Kier molecular flexibility index (Phi) is 6.22. The Balaban J connectivity index is 2.09. The fraction of sp³-hybridized carbons (Fsp3) is 1.00. The Morgan fingerprint density at radius 2 is 2.00 bits per heavy atom. The second-order valence-corrected chi connectivity index (χ2v) is 4.65. The maximum Gasteiger partial charge on any atom is 0.0576 e. The van der Waals surface area contributed by atoms with E-state index in [1.54, 1.807) is 0 Å². The molecule has 0 heterocycles. The predicted molar refractivity (Wildman–Crippen MR) is 61.9 cm³/mol. The van der Waals surface area contributed by atoms with E-state index < -0.39 is 0 Å². The summed E-state index contributed by atoms with van der Waals surface area (Å²) in [6, 6.07) is 0.699. The number of hydrogen-bond acceptors (Lipinski definition) is 3. The van der Waals surface area contributed by atoms with Crippen molar-refractivity contribution < 1.29 is 9.84 Å². The summed E-state index contributed by atoms with van der Waals surface area (Å²) in [5, 5.41) is 12.4. The molecule has 1 aliphatic rings. The lowest BCUT2D eigenvalue weighted by Crippen LogP contribution is -2.35. The lowest BCUT2D eigenvalue weighted by Gasteiger charge is -2.29. The van der Waals surface area contributed by atoms with Crippen LogP contribution in [0.1, 0.15) is 39.5 Å². The predicted octanol–water partition coefficient (Wildman–Crippen LogP) is 1.55. The van der Waals surface area contributed by atoms with Gasteiger partial charge in [-0.05, 0) is 32.2 Å². The van der Waals surface area contributed by atoms with Crippen molar-refractivity contribution in [2.75, 3.05) is 19.8 Å². The second kappa shape index (κ2) is 7.20. The Morgan fingerprint density at radius 3 is 2.53 bits per heavy atom. The molecule has 3 nitrogen and oxygen atoms in total. The molecule has 0 radical (unpaired) electrons. The molecule has 1 atom stereocenters. The molecule has 0 saturated heterocycles. The summed E-state index contributed by atoms with van der Waals surface area (Å²) in [6.07, 6.45) is 5.21. The fourth-order valence-corrected chi connectivity index (χ4v) is 2.08. The third kappa shape index (κ3) is 4.96. The molecule has 1 fully saturated rings. The zero-order valence-corrected chi connectivity index (χ0v) is 10.0. The normalized spacial score (nSPS) is 29.0. The third-order valence-electron chi connectivity index (χ3n) is 3.10. The summed E-state index contributed by atoms with van der Waals surface area (Å²) in [4.78, 5) is 0. The molecule has 0 aromatic rings. The molecule has 1 rings (SSSR count). The van der Waals surface area contributed by atoms with Crippen LogP contribution in [0.15, 0.2) is 0 Å². The van der Waals surface area contributed by atoms with Crippen LogP contribution in [-0.2, 0) is 4.74 Å². The van der Waals surface area contributed by atoms with E-state index in [1.165, 1.54) is 12.8 Å². The molecule has 0 aliphatic heterocycles. The van der Waals surface area contributed by atoms with E-state index in [0.29, 0.717) is 18.8 Å². The summed E-state index contributed by atoms with van der Waals surface area (Å²) in [5.74, 6) is 0.275. The lowest BCUT2D eigenvalue weighted by molar-refractivity contribution is -0.00337. The van der Waals surface area contributed by atoms with E-state index in [-0.39, 0.29) is 12.5 Å². The molecule has 1 unspecified atom stereocenters. The van der Waals surface area contributed by atoms with Crippen LogP contribution < -0.4 is 5.32 Å². The maximum absolute atomic E-state index is 8.89. The summed E-state index contributed by atoms with van der Waals surface area (Å²) < 4.78 is 5.77. The zero-order valence-electron chi connectivity index (χ0n) is 10.0. The van der Waals surface area contributed by atoms with Gasteiger partial charge in [0.1, 0.15) is 0 Å². The molecule has 2 N–H and O–H groups in total. The Bertz CT molecular complexity index is 156. The molecule has 0 aromatic heterocycles. The highest BCUT2D eigenvalue weighted by atomic mass is 16.5. The van der Waals surface area contributed by atoms with Gasteiger partial charge >= 0.3 is 0 Å². The minimum atomic E-state index is 0.229. The zero-order chi connectivity index (χ0) is 11.1. The summed E-state index contributed by atoms with van der Waals surface area (Å²) >= 11 is 0. The van der Waals surface area contributed by atoms with Crippen LogP contribution in [0.4, 0.5) is 0 Å². The van der Waals surface area contributed by atoms with Crippen molar-refractivity contribution in [3.05, 3.63) is 0 Å². The van der Waals surface area contributed by atoms with Gasteiger partial charge in [0, 0.05) is 18.6 Å². The molecule has 90 valence electrons. The minimum absolute atomic E-state index is 0.229. The van der Waals surface area contributed by atoms with Gasteiger partial charge in [-0.1, -0.05) is 13.8 Å². The van der Waals surface area contributed by atoms with Crippen molar-refractivity contribution in [2.24, 2.45) is 5.92 Å². The molecule has 0 spiro atoms. The van der Waals surface area contributed by atoms with Gasteiger partial charge in [-0.3, -0.25) is 0 Å². The Hall–Kier alpha value is -0.120. The number of nitrogens with one attached hydrogen (secondary N) is 1. The number of rotatable bonds is 6. The van der Waals surface area contributed by atoms with Crippen molar-refractivity contribution in [1.82, 2.24) is 5.32 Å². The Labute approximate surface area is 93.2 Å². The SMILES string of the molecule is CCNC1CCC(OCC(C)CO)CC1. The average Bonchev–Trinajstić information content (AvgIpc) is 2.28. The molecule has 1 aliphatic carbocycles. The van der Waals surface area contributed by atoms with Crippen LogP contribution in [0.2, 0.25) is 0 Å². The van der Waals surface area contributed by atoms with Gasteiger partial charge in [0.2, 0.25) is 0 Å². The second-order valence-electron chi connectivity index (χ2n) is 4.65. The van der Waals surface area contributed by atoms with Gasteiger partial charge < -0.3 is 15.2 Å². The molecule has 15 heavy (non-hydrogen) atoms. The highest BCUT2D eigenvalue weighted by molar-refractivity contribution is 4.77. The van der Waals surface area contributed by atoms with Gasteiger partial charge in [-0.2, -0.15) is 0 Å². The van der Waals surface area contributed by atoms with Gasteiger partial charge in [0.15, 0.2) is 0 Å². The first kappa shape index (κ1) is 12.9. The number of aliphatic hydroxyl groups is 1. The lowest BCUT2D eigenvalue weighted by atomic mass is 9.93. The monoisotopic (exact) mass is 215 g/mol. The van der Waals surface area contributed by atoms with Crippen molar-refractivity contribution in [2.45, 2.75) is 51.7 Å². The highest BCUT2D eigenvalue weighted by Gasteiger charge is 2.21. The number of aliphatic hydroxyl groups excluding tert-OH is 1. The van der Waals surface area contributed by atoms with E-state index in [9.17, 15) is 0 Å². The molecule has 0 amide bonds. The summed E-state index contributed by atoms with van der Waals surface area (Å²) in [5.41, 5.74) is 0. The van der Waals surface area contributed by atoms with Crippen LogP contribution in [-0.4, -0.2) is 37.0 Å². The largest absolute Gasteiger partial charge is 0.396 e. The highest BCUT2D eigenvalue weighted by Crippen LogP contribution is 2.21. The minimum Gasteiger partial charge on any atom is -0.396 e. The van der Waals surface area contributed by atoms with Crippen LogP contribution >= 0.6 is 0 Å². The van der Waals surface area contributed by atoms with Gasteiger partial charge in [0.05, 0.1) is 12.7 Å². The molecule has 0 bridgehead atoms. The van der Waals surface area contributed by atoms with Crippen LogP contribution in [0.25, 0.3) is 0 Å². The Morgan fingerprint density at radius 1 is 1.33 bits per heavy atom. The first-order valence-electron chi connectivity index (χ1n) is 6.22. The molecule has 3 heteroatoms. The van der Waals surface area contributed by atoms with E-state index in [0.717, 1.165) is 19.4 Å². The average molecular weight is 215 g/mol. The van der Waals surface area contributed by atoms with Crippen LogP contribution in [0.3, 0.4) is 0 Å². The number of ether oxygens (including phenoxy) is 1. The first-order chi connectivity index (χ1) is 7.26. The first-order valence-corrected chi connectivity index (χ1v) is 6.22. The maximum atomic E-state index is 8.89. The van der Waals surface area contributed by atoms with E-state index in [2.05, 4.69) is 12.2 Å². The van der Waals surface area contributed by atoms with Crippen molar-refractivity contribution in [3.8, 4) is 0 Å². The van der Waals surface area contributed by atoms with E-state index in [4.69, 9.17) is 9.84 Å². The topological polar surface area (TPSA) is 41.5 Å². The number of hydrogen-bond donors (Lipinski definition) is 2. The van der Waals surface area contributed by atoms with Crippen molar-refractivity contribution in [3.63, 3.8) is 0 Å². The summed E-state index contributed by atoms with van der Waals surface area (Å²) in [6.45, 7) is 6.17. The molecule has 0 aromatic carbocycles. The van der Waals surface area contributed by atoms with Crippen molar-refractivity contribution >= 4 is 0 Å². The fourth-order valence-electron chi connectivity index (χ4n) is 2.08. The molecular formula is C12H25NO2. The van der Waals surface area contributed by atoms with Crippen LogP contribution in [0.5, 0.6) is 0 Å². The smallest absolute Gasteiger partial charge is 0.0576 e. The van der Waals surface area contributed by atoms with Gasteiger partial charge in [-0.15, -0.1) is 0 Å². The molecule has 1 saturated carbocycles. The quantitative estimate of drug-likeness (QED) is 0.706. The van der Waals surface area contributed by atoms with Crippen LogP contribution in [0, 0.1) is 5.92 Å². The van der Waals surface area contributed by atoms with E-state index in [1.807, 2.05) is 6.92 Å². The van der Waals surface area contributed by atoms with Gasteiger partial charge in [0.25, 0.3) is 0 Å². The molecular weight excluding hydrogens is 190 g/mol. The standard InChI is InChI=1S/C12H25NO2/c1-3-13-11-4-6-12(7-5-11)15-9-10(2)8-14/h10-14H,3-9H2,1-2H3. The van der Waals surface area contributed by atoms with Gasteiger partial charge in [-0.25, -0.2) is 0 Å². The van der Waals surface area contributed by atoms with Crippen molar-refractivity contribution in [1.29, 1.82) is 0 Å². The van der Waals surface area contributed by atoms with E-state index >= 15 is 0 Å². The summed E-state index contributed by atoms with van der Waals surface area (Å²) in [7, 11) is 0.